The average molecular weight is 296 g/mol. The molecule has 7 heteroatoms. The van der Waals surface area contributed by atoms with Crippen LogP contribution in [-0.2, 0) is 24.3 Å². The van der Waals surface area contributed by atoms with Crippen LogP contribution in [0.15, 0.2) is 0 Å². The number of ether oxygens (including phenoxy) is 1. The van der Waals surface area contributed by atoms with Crippen LogP contribution in [0.2, 0.25) is 0 Å². The molecule has 0 aromatic carbocycles. The fourth-order valence-corrected chi connectivity index (χ4v) is 1.68. The lowest BCUT2D eigenvalue weighted by Crippen LogP contribution is -2.27. The third kappa shape index (κ3) is 12.0. The van der Waals surface area contributed by atoms with E-state index in [2.05, 4.69) is 16.5 Å². The van der Waals surface area contributed by atoms with E-state index in [1.54, 1.807) is 0 Å². The fraction of sp³-hybridized carbons (Fsp3) is 0.917. The number of sulfone groups is 1. The molecule has 0 N–H and O–H groups in total. The average Bonchev–Trinajstić information content (AvgIpc) is 2.25. The van der Waals surface area contributed by atoms with Crippen LogP contribution in [0.1, 0.15) is 46.5 Å². The topological polar surface area (TPSA) is 78.9 Å². The van der Waals surface area contributed by atoms with Crippen molar-refractivity contribution in [1.29, 1.82) is 0 Å². The molecule has 0 spiro atoms. The van der Waals surface area contributed by atoms with E-state index in [1.807, 2.05) is 13.8 Å². The molecule has 0 aliphatic rings. The molecule has 0 unspecified atom stereocenters. The molecule has 0 heterocycles. The molecule has 0 fully saturated rings. The molecule has 0 radical (unpaired) electrons. The Morgan fingerprint density at radius 2 is 1.84 bits per heavy atom. The highest BCUT2D eigenvalue weighted by molar-refractivity contribution is 7.90. The summed E-state index contributed by atoms with van der Waals surface area (Å²) in [6.07, 6.45) is 3.98. The second kappa shape index (κ2) is 8.37. The molecular formula is C12H24O6S. The lowest BCUT2D eigenvalue weighted by Gasteiger charge is -2.22. The largest absolute Gasteiger partial charge is 0.540 e. The highest BCUT2D eigenvalue weighted by Gasteiger charge is 2.22. The summed E-state index contributed by atoms with van der Waals surface area (Å²) in [5.41, 5.74) is -0.578. The molecule has 0 saturated carbocycles. The van der Waals surface area contributed by atoms with E-state index in [1.165, 1.54) is 0 Å². The summed E-state index contributed by atoms with van der Waals surface area (Å²) in [4.78, 5) is 20.6. The third-order valence-corrected chi connectivity index (χ3v) is 3.30. The van der Waals surface area contributed by atoms with Gasteiger partial charge in [0.15, 0.2) is 9.84 Å². The highest BCUT2D eigenvalue weighted by atomic mass is 32.2. The number of hydrogen-bond donors (Lipinski definition) is 0. The Morgan fingerprint density at radius 1 is 1.21 bits per heavy atom. The summed E-state index contributed by atoms with van der Waals surface area (Å²) in [5, 5.41) is 0. The Hall–Kier alpha value is -0.820. The molecule has 0 bridgehead atoms. The zero-order valence-corrected chi connectivity index (χ0v) is 12.9. The van der Waals surface area contributed by atoms with Crippen molar-refractivity contribution in [3.8, 4) is 0 Å². The fourth-order valence-electron chi connectivity index (χ4n) is 1.29. The number of carbonyl (C=O) groups excluding carboxylic acids is 1. The van der Waals surface area contributed by atoms with Crippen LogP contribution in [0.25, 0.3) is 0 Å². The molecule has 0 aliphatic heterocycles. The van der Waals surface area contributed by atoms with Gasteiger partial charge in [0.2, 0.25) is 0 Å². The van der Waals surface area contributed by atoms with Crippen LogP contribution in [-0.4, -0.2) is 38.8 Å². The predicted molar refractivity (Wildman–Crippen MR) is 71.4 cm³/mol. The number of rotatable bonds is 9. The van der Waals surface area contributed by atoms with Gasteiger partial charge in [-0.2, -0.15) is 4.89 Å². The van der Waals surface area contributed by atoms with Gasteiger partial charge in [0, 0.05) is 6.26 Å². The zero-order chi connectivity index (χ0) is 14.9. The van der Waals surface area contributed by atoms with Crippen molar-refractivity contribution in [3.05, 3.63) is 0 Å². The van der Waals surface area contributed by atoms with Crippen molar-refractivity contribution in [2.75, 3.05) is 18.6 Å². The molecule has 0 aliphatic carbocycles. The normalized spacial score (nSPS) is 12.2. The Bertz CT molecular complexity index is 360. The lowest BCUT2D eigenvalue weighted by molar-refractivity contribution is -0.318. The second-order valence-corrected chi connectivity index (χ2v) is 7.37. The Balaban J connectivity index is 3.82. The van der Waals surface area contributed by atoms with E-state index in [-0.39, 0.29) is 12.4 Å². The number of carbonyl (C=O) groups is 1. The van der Waals surface area contributed by atoms with Gasteiger partial charge >= 0.3 is 6.16 Å². The van der Waals surface area contributed by atoms with Crippen molar-refractivity contribution in [2.45, 2.75) is 52.1 Å². The van der Waals surface area contributed by atoms with Gasteiger partial charge in [-0.05, 0) is 20.3 Å². The number of unbranched alkanes of at least 4 members (excludes halogenated alkanes) is 2. The summed E-state index contributed by atoms with van der Waals surface area (Å²) in [5.74, 6) is -0.234. The molecule has 0 amide bonds. The van der Waals surface area contributed by atoms with Crippen molar-refractivity contribution >= 4 is 16.0 Å². The molecule has 0 aromatic heterocycles. The van der Waals surface area contributed by atoms with Crippen molar-refractivity contribution in [1.82, 2.24) is 0 Å². The van der Waals surface area contributed by atoms with Crippen molar-refractivity contribution in [3.63, 3.8) is 0 Å². The van der Waals surface area contributed by atoms with Gasteiger partial charge in [0.1, 0.15) is 12.2 Å². The summed E-state index contributed by atoms with van der Waals surface area (Å²) < 4.78 is 26.2. The minimum absolute atomic E-state index is 0.234. The molecule has 0 saturated heterocycles. The molecule has 0 rings (SSSR count). The SMILES string of the molecule is CCCCCC(C)(C)OOC(=O)OCCS(C)(=O)=O. The maximum Gasteiger partial charge on any atom is 0.540 e. The quantitative estimate of drug-likeness (QED) is 0.281. The minimum Gasteiger partial charge on any atom is -0.431 e. The first-order valence-corrected chi connectivity index (χ1v) is 8.42. The molecule has 114 valence electrons. The maximum absolute atomic E-state index is 11.1. The summed E-state index contributed by atoms with van der Waals surface area (Å²) in [6, 6.07) is 0. The van der Waals surface area contributed by atoms with Crippen LogP contribution >= 0.6 is 0 Å². The molecule has 6 nitrogen and oxygen atoms in total. The van der Waals surface area contributed by atoms with E-state index < -0.39 is 21.6 Å². The Morgan fingerprint density at radius 3 is 2.37 bits per heavy atom. The van der Waals surface area contributed by atoms with Gasteiger partial charge < -0.3 is 4.74 Å². The van der Waals surface area contributed by atoms with Crippen LogP contribution in [0, 0.1) is 0 Å². The predicted octanol–water partition coefficient (Wildman–Crippen LogP) is 2.47. The maximum atomic E-state index is 11.1. The summed E-state index contributed by atoms with van der Waals surface area (Å²) in [6.45, 7) is 5.49. The van der Waals surface area contributed by atoms with Gasteiger partial charge in [-0.25, -0.2) is 13.2 Å². The van der Waals surface area contributed by atoms with Crippen LogP contribution in [0.5, 0.6) is 0 Å². The molecule has 0 aromatic rings. The van der Waals surface area contributed by atoms with Gasteiger partial charge in [-0.1, -0.05) is 26.2 Å². The Kier molecular flexibility index (Phi) is 8.01. The second-order valence-electron chi connectivity index (χ2n) is 5.11. The first kappa shape index (κ1) is 18.2. The first-order valence-electron chi connectivity index (χ1n) is 6.36. The third-order valence-electron chi connectivity index (χ3n) is 2.39. The van der Waals surface area contributed by atoms with Gasteiger partial charge in [0.25, 0.3) is 0 Å². The lowest BCUT2D eigenvalue weighted by atomic mass is 10.0. The van der Waals surface area contributed by atoms with Crippen molar-refractivity contribution < 1.29 is 27.7 Å². The molecular weight excluding hydrogens is 272 g/mol. The van der Waals surface area contributed by atoms with E-state index in [9.17, 15) is 13.2 Å². The van der Waals surface area contributed by atoms with E-state index in [0.717, 1.165) is 31.9 Å². The summed E-state index contributed by atoms with van der Waals surface area (Å²) in [7, 11) is -3.15. The minimum atomic E-state index is -3.15. The first-order chi connectivity index (χ1) is 8.66. The monoisotopic (exact) mass is 296 g/mol. The van der Waals surface area contributed by atoms with Crippen LogP contribution < -0.4 is 0 Å². The van der Waals surface area contributed by atoms with Gasteiger partial charge in [0.05, 0.1) is 5.75 Å². The van der Waals surface area contributed by atoms with Gasteiger partial charge in [-0.15, -0.1) is 0 Å². The molecule has 19 heavy (non-hydrogen) atoms. The van der Waals surface area contributed by atoms with Crippen LogP contribution in [0.4, 0.5) is 4.79 Å². The van der Waals surface area contributed by atoms with Crippen molar-refractivity contribution in [2.24, 2.45) is 0 Å². The zero-order valence-electron chi connectivity index (χ0n) is 12.1. The van der Waals surface area contributed by atoms with E-state index in [4.69, 9.17) is 4.89 Å². The van der Waals surface area contributed by atoms with Gasteiger partial charge in [-0.3, -0.25) is 4.89 Å². The van der Waals surface area contributed by atoms with E-state index in [0.29, 0.717) is 0 Å². The smallest absolute Gasteiger partial charge is 0.431 e. The highest BCUT2D eigenvalue weighted by Crippen LogP contribution is 2.19. The number of hydrogen-bond acceptors (Lipinski definition) is 6. The van der Waals surface area contributed by atoms with Crippen LogP contribution in [0.3, 0.4) is 0 Å². The molecule has 0 atom stereocenters. The summed E-state index contributed by atoms with van der Waals surface area (Å²) >= 11 is 0. The van der Waals surface area contributed by atoms with E-state index >= 15 is 0 Å². The standard InChI is InChI=1S/C12H24O6S/c1-5-6-7-8-12(2,3)18-17-11(13)16-9-10-19(4,14)15/h5-10H2,1-4H3. The Labute approximate surface area is 115 Å².